The molecule has 28 heavy (non-hydrogen) atoms. The number of rotatable bonds is 9. The van der Waals surface area contributed by atoms with Crippen molar-refractivity contribution in [2.45, 2.75) is 44.3 Å². The third kappa shape index (κ3) is 5.10. The summed E-state index contributed by atoms with van der Waals surface area (Å²) in [6.07, 6.45) is 4.57. The van der Waals surface area contributed by atoms with Crippen LogP contribution in [0.3, 0.4) is 0 Å². The summed E-state index contributed by atoms with van der Waals surface area (Å²) >= 11 is 1.32. The minimum absolute atomic E-state index is 0.0277. The zero-order valence-corrected chi connectivity index (χ0v) is 16.6. The van der Waals surface area contributed by atoms with Crippen LogP contribution >= 0.6 is 11.8 Å². The van der Waals surface area contributed by atoms with Crippen molar-refractivity contribution in [3.8, 4) is 0 Å². The number of halogens is 2. The highest BCUT2D eigenvalue weighted by Crippen LogP contribution is 2.25. The molecule has 3 aromatic rings. The van der Waals surface area contributed by atoms with Gasteiger partial charge in [0.05, 0.1) is 22.5 Å². The van der Waals surface area contributed by atoms with E-state index in [4.69, 9.17) is 0 Å². The van der Waals surface area contributed by atoms with Crippen molar-refractivity contribution in [1.29, 1.82) is 0 Å². The smallest absolute Gasteiger partial charge is 0.234 e. The lowest BCUT2D eigenvalue weighted by atomic mass is 10.2. The van der Waals surface area contributed by atoms with Crippen molar-refractivity contribution >= 4 is 34.4 Å². The van der Waals surface area contributed by atoms with Crippen LogP contribution in [0.1, 0.15) is 32.6 Å². The van der Waals surface area contributed by atoms with Gasteiger partial charge in [0, 0.05) is 12.6 Å². The lowest BCUT2D eigenvalue weighted by molar-refractivity contribution is -0.113. The fourth-order valence-corrected chi connectivity index (χ4v) is 3.82. The number of carbonyl (C=O) groups is 1. The van der Waals surface area contributed by atoms with Gasteiger partial charge in [0.25, 0.3) is 0 Å². The number of benzene rings is 2. The summed E-state index contributed by atoms with van der Waals surface area (Å²) in [5.74, 6) is -1.74. The number of aromatic nitrogens is 2. The molecule has 0 saturated heterocycles. The summed E-state index contributed by atoms with van der Waals surface area (Å²) in [6.45, 7) is 3.02. The van der Waals surface area contributed by atoms with E-state index in [9.17, 15) is 13.6 Å². The molecule has 1 N–H and O–H groups in total. The van der Waals surface area contributed by atoms with E-state index < -0.39 is 11.6 Å². The van der Waals surface area contributed by atoms with E-state index in [0.29, 0.717) is 0 Å². The van der Waals surface area contributed by atoms with Gasteiger partial charge in [-0.05, 0) is 30.7 Å². The predicted molar refractivity (Wildman–Crippen MR) is 110 cm³/mol. The van der Waals surface area contributed by atoms with Crippen molar-refractivity contribution in [3.63, 3.8) is 0 Å². The Morgan fingerprint density at radius 3 is 2.75 bits per heavy atom. The molecule has 0 atom stereocenters. The lowest BCUT2D eigenvalue weighted by Crippen LogP contribution is -2.15. The Kier molecular flexibility index (Phi) is 7.03. The Balaban J connectivity index is 1.68. The van der Waals surface area contributed by atoms with Crippen molar-refractivity contribution < 1.29 is 13.6 Å². The molecule has 7 heteroatoms. The summed E-state index contributed by atoms with van der Waals surface area (Å²) in [6, 6.07) is 11.0. The summed E-state index contributed by atoms with van der Waals surface area (Å²) < 4.78 is 28.8. The van der Waals surface area contributed by atoms with Gasteiger partial charge in [-0.1, -0.05) is 50.1 Å². The van der Waals surface area contributed by atoms with Crippen molar-refractivity contribution in [3.05, 3.63) is 54.1 Å². The number of amides is 1. The molecule has 0 aliphatic rings. The number of hydrogen-bond donors (Lipinski definition) is 1. The Morgan fingerprint density at radius 2 is 1.96 bits per heavy atom. The second kappa shape index (κ2) is 9.68. The van der Waals surface area contributed by atoms with Crippen LogP contribution in [0.15, 0.2) is 47.6 Å². The zero-order chi connectivity index (χ0) is 19.9. The highest BCUT2D eigenvalue weighted by atomic mass is 32.2. The topological polar surface area (TPSA) is 46.9 Å². The summed E-state index contributed by atoms with van der Waals surface area (Å²) in [7, 11) is 0. The van der Waals surface area contributed by atoms with E-state index in [1.807, 2.05) is 24.3 Å². The molecule has 0 aliphatic heterocycles. The molecule has 0 radical (unpaired) electrons. The third-order valence-corrected chi connectivity index (χ3v) is 5.37. The van der Waals surface area contributed by atoms with Crippen LogP contribution in [0.25, 0.3) is 11.0 Å². The van der Waals surface area contributed by atoms with Gasteiger partial charge >= 0.3 is 0 Å². The van der Waals surface area contributed by atoms with Crippen molar-refractivity contribution in [2.24, 2.45) is 0 Å². The molecule has 0 saturated carbocycles. The summed E-state index contributed by atoms with van der Waals surface area (Å²) in [5.41, 5.74) is 1.91. The normalized spacial score (nSPS) is 11.1. The fourth-order valence-electron chi connectivity index (χ4n) is 2.98. The van der Waals surface area contributed by atoms with Crippen LogP contribution < -0.4 is 5.32 Å². The maximum atomic E-state index is 13.7. The number of nitrogens with zero attached hydrogens (tertiary/aromatic N) is 2. The van der Waals surface area contributed by atoms with Gasteiger partial charge in [0.1, 0.15) is 11.6 Å². The van der Waals surface area contributed by atoms with Crippen LogP contribution in [0.5, 0.6) is 0 Å². The van der Waals surface area contributed by atoms with Crippen LogP contribution in [-0.4, -0.2) is 21.2 Å². The zero-order valence-electron chi connectivity index (χ0n) is 15.8. The molecule has 148 valence electrons. The second-order valence-electron chi connectivity index (χ2n) is 6.56. The summed E-state index contributed by atoms with van der Waals surface area (Å²) in [4.78, 5) is 16.9. The van der Waals surface area contributed by atoms with Gasteiger partial charge in [0.15, 0.2) is 5.16 Å². The van der Waals surface area contributed by atoms with Crippen molar-refractivity contribution in [2.75, 3.05) is 11.1 Å². The number of para-hydroxylation sites is 2. The Hall–Kier alpha value is -2.41. The molecule has 0 fully saturated rings. The molecular formula is C21H23F2N3OS. The molecular weight excluding hydrogens is 380 g/mol. The van der Waals surface area contributed by atoms with E-state index in [-0.39, 0.29) is 17.3 Å². The average molecular weight is 403 g/mol. The monoisotopic (exact) mass is 403 g/mol. The minimum atomic E-state index is -0.790. The van der Waals surface area contributed by atoms with Gasteiger partial charge in [-0.15, -0.1) is 0 Å². The molecule has 2 aromatic carbocycles. The van der Waals surface area contributed by atoms with E-state index in [1.165, 1.54) is 30.7 Å². The number of thioether (sulfide) groups is 1. The van der Waals surface area contributed by atoms with Gasteiger partial charge in [-0.25, -0.2) is 13.8 Å². The molecule has 0 bridgehead atoms. The SMILES string of the molecule is CCCCCCn1c(SCC(=O)Nc2ccc(F)cc2F)nc2ccccc21. The number of fused-ring (bicyclic) bond motifs is 1. The number of hydrogen-bond acceptors (Lipinski definition) is 3. The average Bonchev–Trinajstić information content (AvgIpc) is 3.03. The maximum absolute atomic E-state index is 13.7. The first kappa shape index (κ1) is 20.3. The van der Waals surface area contributed by atoms with Crippen molar-refractivity contribution in [1.82, 2.24) is 9.55 Å². The predicted octanol–water partition coefficient (Wildman–Crippen LogP) is 5.63. The minimum Gasteiger partial charge on any atom is -0.323 e. The van der Waals surface area contributed by atoms with Crippen LogP contribution in [-0.2, 0) is 11.3 Å². The van der Waals surface area contributed by atoms with Crippen LogP contribution in [0.4, 0.5) is 14.5 Å². The Morgan fingerprint density at radius 1 is 1.14 bits per heavy atom. The highest BCUT2D eigenvalue weighted by Gasteiger charge is 2.14. The highest BCUT2D eigenvalue weighted by molar-refractivity contribution is 7.99. The summed E-state index contributed by atoms with van der Waals surface area (Å²) in [5, 5.41) is 3.25. The van der Waals surface area contributed by atoms with E-state index in [0.717, 1.165) is 47.7 Å². The molecule has 0 spiro atoms. The molecule has 4 nitrogen and oxygen atoms in total. The van der Waals surface area contributed by atoms with Crippen LogP contribution in [0.2, 0.25) is 0 Å². The Bertz CT molecular complexity index is 958. The molecule has 0 unspecified atom stereocenters. The van der Waals surface area contributed by atoms with Crippen LogP contribution in [0, 0.1) is 11.6 Å². The number of aryl methyl sites for hydroxylation is 1. The Labute approximate surface area is 167 Å². The standard InChI is InChI=1S/C21H23F2N3OS/c1-2-3-4-7-12-26-19-9-6-5-8-18(19)25-21(26)28-14-20(27)24-17-11-10-15(22)13-16(17)23/h5-6,8-11,13H,2-4,7,12,14H2,1H3,(H,24,27). The van der Waals surface area contributed by atoms with Gasteiger partial charge in [-0.2, -0.15) is 0 Å². The number of anilines is 1. The molecule has 1 aromatic heterocycles. The van der Waals surface area contributed by atoms with E-state index in [1.54, 1.807) is 0 Å². The number of unbranched alkanes of at least 4 members (excludes halogenated alkanes) is 3. The second-order valence-corrected chi connectivity index (χ2v) is 7.50. The quantitative estimate of drug-likeness (QED) is 0.372. The van der Waals surface area contributed by atoms with E-state index >= 15 is 0 Å². The number of nitrogens with one attached hydrogen (secondary N) is 1. The molecule has 1 amide bonds. The number of imidazole rings is 1. The first-order valence-electron chi connectivity index (χ1n) is 9.41. The van der Waals surface area contributed by atoms with Gasteiger partial charge in [0.2, 0.25) is 5.91 Å². The van der Waals surface area contributed by atoms with E-state index in [2.05, 4.69) is 21.8 Å². The number of carbonyl (C=O) groups excluding carboxylic acids is 1. The molecule has 0 aliphatic carbocycles. The largest absolute Gasteiger partial charge is 0.323 e. The molecule has 1 heterocycles. The first-order valence-corrected chi connectivity index (χ1v) is 10.4. The molecule has 3 rings (SSSR count). The first-order chi connectivity index (χ1) is 13.6. The fraction of sp³-hybridized carbons (Fsp3) is 0.333. The van der Waals surface area contributed by atoms with Gasteiger partial charge < -0.3 is 9.88 Å². The third-order valence-electron chi connectivity index (χ3n) is 4.39. The van der Waals surface area contributed by atoms with Gasteiger partial charge in [-0.3, -0.25) is 4.79 Å². The maximum Gasteiger partial charge on any atom is 0.234 e. The lowest BCUT2D eigenvalue weighted by Gasteiger charge is -2.09.